The van der Waals surface area contributed by atoms with Crippen molar-refractivity contribution in [1.29, 1.82) is 0 Å². The van der Waals surface area contributed by atoms with Crippen LogP contribution in [0.4, 0.5) is 11.6 Å². The Labute approximate surface area is 108 Å². The summed E-state index contributed by atoms with van der Waals surface area (Å²) in [5, 5.41) is 0. The van der Waals surface area contributed by atoms with Crippen LogP contribution >= 0.6 is 22.9 Å². The van der Waals surface area contributed by atoms with Gasteiger partial charge in [-0.15, -0.1) is 0 Å². The number of benzene rings is 1. The Morgan fingerprint density at radius 3 is 2.12 bits per heavy atom. The Morgan fingerprint density at radius 1 is 1.00 bits per heavy atom. The van der Waals surface area contributed by atoms with Crippen LogP contribution in [0.25, 0.3) is 0 Å². The number of anilines is 2. The first kappa shape index (κ1) is 11.3. The van der Waals surface area contributed by atoms with Gasteiger partial charge in [0, 0.05) is 0 Å². The lowest BCUT2D eigenvalue weighted by Crippen LogP contribution is -2.05. The largest absolute Gasteiger partial charge is 0.250 e. The van der Waals surface area contributed by atoms with E-state index in [1.807, 2.05) is 3.11 Å². The molecule has 0 amide bonds. The average Bonchev–Trinajstić information content (AvgIpc) is 2.28. The van der Waals surface area contributed by atoms with Crippen molar-refractivity contribution in [2.45, 2.75) is 13.8 Å². The van der Waals surface area contributed by atoms with Gasteiger partial charge in [0.05, 0.1) is 28.6 Å². The summed E-state index contributed by atoms with van der Waals surface area (Å²) >= 11 is 2.19. The predicted molar refractivity (Wildman–Crippen MR) is 71.9 cm³/mol. The lowest BCUT2D eigenvalue weighted by Gasteiger charge is -2.15. The van der Waals surface area contributed by atoms with E-state index < -0.39 is 0 Å². The number of hydrogen-bond acceptors (Lipinski definition) is 4. The molecule has 82 valence electrons. The zero-order valence-corrected chi connectivity index (χ0v) is 11.2. The van der Waals surface area contributed by atoms with Gasteiger partial charge in [0.25, 0.3) is 0 Å². The van der Waals surface area contributed by atoms with E-state index in [4.69, 9.17) is 0 Å². The molecule has 16 heavy (non-hydrogen) atoms. The van der Waals surface area contributed by atoms with Gasteiger partial charge in [-0.25, -0.2) is 15.0 Å². The van der Waals surface area contributed by atoms with Gasteiger partial charge in [-0.05, 0) is 37.1 Å². The SMILES string of the molecule is Cc1cc(C)cc(N(I)c2ncncn2)c1. The maximum absolute atomic E-state index is 4.11. The van der Waals surface area contributed by atoms with E-state index in [0.29, 0.717) is 5.95 Å². The fraction of sp³-hybridized carbons (Fsp3) is 0.182. The highest BCUT2D eigenvalue weighted by Gasteiger charge is 2.08. The molecule has 0 saturated carbocycles. The summed E-state index contributed by atoms with van der Waals surface area (Å²) in [6.07, 6.45) is 2.99. The van der Waals surface area contributed by atoms with Crippen molar-refractivity contribution >= 4 is 34.5 Å². The molecule has 0 N–H and O–H groups in total. The van der Waals surface area contributed by atoms with Crippen molar-refractivity contribution in [3.63, 3.8) is 0 Å². The molecule has 4 nitrogen and oxygen atoms in total. The molecule has 0 saturated heterocycles. The minimum atomic E-state index is 0.639. The summed E-state index contributed by atoms with van der Waals surface area (Å²) in [4.78, 5) is 12.0. The second-order valence-electron chi connectivity index (χ2n) is 3.56. The topological polar surface area (TPSA) is 41.9 Å². The van der Waals surface area contributed by atoms with Gasteiger partial charge in [-0.1, -0.05) is 6.07 Å². The molecule has 0 fully saturated rings. The molecule has 0 aliphatic heterocycles. The number of hydrogen-bond donors (Lipinski definition) is 0. The van der Waals surface area contributed by atoms with Crippen molar-refractivity contribution in [2.75, 3.05) is 3.11 Å². The monoisotopic (exact) mass is 326 g/mol. The minimum absolute atomic E-state index is 0.639. The highest BCUT2D eigenvalue weighted by Crippen LogP contribution is 2.27. The average molecular weight is 326 g/mol. The van der Waals surface area contributed by atoms with E-state index in [1.54, 1.807) is 0 Å². The van der Waals surface area contributed by atoms with E-state index in [0.717, 1.165) is 5.69 Å². The molecule has 1 aromatic heterocycles. The van der Waals surface area contributed by atoms with Gasteiger partial charge >= 0.3 is 0 Å². The van der Waals surface area contributed by atoms with E-state index in [2.05, 4.69) is 69.9 Å². The fourth-order valence-electron chi connectivity index (χ4n) is 1.51. The van der Waals surface area contributed by atoms with Crippen LogP contribution in [0.2, 0.25) is 0 Å². The molecule has 2 rings (SSSR count). The predicted octanol–water partition coefficient (Wildman–Crippen LogP) is 2.98. The van der Waals surface area contributed by atoms with Gasteiger partial charge < -0.3 is 0 Å². The van der Waals surface area contributed by atoms with Gasteiger partial charge in [-0.3, -0.25) is 3.11 Å². The maximum atomic E-state index is 4.11. The number of nitrogens with zero attached hydrogens (tertiary/aromatic N) is 4. The Bertz CT molecular complexity index is 466. The van der Waals surface area contributed by atoms with Crippen LogP contribution in [0, 0.1) is 13.8 Å². The molecule has 0 aliphatic carbocycles. The molecule has 0 bridgehead atoms. The number of aromatic nitrogens is 3. The summed E-state index contributed by atoms with van der Waals surface area (Å²) in [6.45, 7) is 4.16. The molecule has 0 unspecified atom stereocenters. The van der Waals surface area contributed by atoms with E-state index >= 15 is 0 Å². The lowest BCUT2D eigenvalue weighted by atomic mass is 10.1. The first-order valence-electron chi connectivity index (χ1n) is 4.83. The first-order valence-corrected chi connectivity index (χ1v) is 5.79. The molecule has 1 aromatic carbocycles. The highest BCUT2D eigenvalue weighted by atomic mass is 127. The molecular formula is C11H11IN4. The number of rotatable bonds is 2. The summed E-state index contributed by atoms with van der Waals surface area (Å²) in [7, 11) is 0. The smallest absolute Gasteiger partial charge is 0.242 e. The molecule has 5 heteroatoms. The zero-order chi connectivity index (χ0) is 11.5. The minimum Gasteiger partial charge on any atom is -0.250 e. The normalized spacial score (nSPS) is 10.2. The van der Waals surface area contributed by atoms with Crippen molar-refractivity contribution in [3.8, 4) is 0 Å². The zero-order valence-electron chi connectivity index (χ0n) is 9.05. The fourth-order valence-corrected chi connectivity index (χ4v) is 2.04. The van der Waals surface area contributed by atoms with Crippen LogP contribution in [-0.4, -0.2) is 15.0 Å². The van der Waals surface area contributed by atoms with Gasteiger partial charge in [-0.2, -0.15) is 0 Å². The molecule has 0 aliphatic rings. The Kier molecular flexibility index (Phi) is 3.33. The summed E-state index contributed by atoms with van der Waals surface area (Å²) in [5.41, 5.74) is 3.53. The number of aryl methyl sites for hydroxylation is 2. The standard InChI is InChI=1S/C11H11IN4/c1-8-3-9(2)5-10(4-8)16(12)11-14-6-13-7-15-11/h3-7H,1-2H3. The van der Waals surface area contributed by atoms with Gasteiger partial charge in [0.2, 0.25) is 5.95 Å². The van der Waals surface area contributed by atoms with Crippen LogP contribution in [0.5, 0.6) is 0 Å². The molecule has 0 radical (unpaired) electrons. The van der Waals surface area contributed by atoms with E-state index in [1.165, 1.54) is 23.8 Å². The van der Waals surface area contributed by atoms with Crippen molar-refractivity contribution < 1.29 is 0 Å². The van der Waals surface area contributed by atoms with Crippen molar-refractivity contribution in [2.24, 2.45) is 0 Å². The number of halogens is 1. The van der Waals surface area contributed by atoms with Gasteiger partial charge in [0.15, 0.2) is 0 Å². The van der Waals surface area contributed by atoms with Crippen molar-refractivity contribution in [1.82, 2.24) is 15.0 Å². The Balaban J connectivity index is 2.37. The molecule has 2 aromatic rings. The molecular weight excluding hydrogens is 315 g/mol. The van der Waals surface area contributed by atoms with Crippen LogP contribution in [-0.2, 0) is 0 Å². The molecule has 0 atom stereocenters. The van der Waals surface area contributed by atoms with Crippen LogP contribution in [0.1, 0.15) is 11.1 Å². The Hall–Kier alpha value is -1.24. The first-order chi connectivity index (χ1) is 7.66. The quantitative estimate of drug-likeness (QED) is 0.628. The second kappa shape index (κ2) is 4.73. The maximum Gasteiger partial charge on any atom is 0.242 e. The van der Waals surface area contributed by atoms with Crippen LogP contribution < -0.4 is 3.11 Å². The summed E-state index contributed by atoms with van der Waals surface area (Å²) < 4.78 is 1.92. The molecule has 1 heterocycles. The summed E-state index contributed by atoms with van der Waals surface area (Å²) in [5.74, 6) is 0.639. The van der Waals surface area contributed by atoms with E-state index in [9.17, 15) is 0 Å². The summed E-state index contributed by atoms with van der Waals surface area (Å²) in [6, 6.07) is 6.34. The van der Waals surface area contributed by atoms with Crippen LogP contribution in [0.15, 0.2) is 30.9 Å². The van der Waals surface area contributed by atoms with E-state index in [-0.39, 0.29) is 0 Å². The third-order valence-corrected chi connectivity index (χ3v) is 3.08. The molecule has 0 spiro atoms. The lowest BCUT2D eigenvalue weighted by molar-refractivity contribution is 1.04. The van der Waals surface area contributed by atoms with Gasteiger partial charge in [0.1, 0.15) is 12.7 Å². The third-order valence-electron chi connectivity index (χ3n) is 2.09. The second-order valence-corrected chi connectivity index (χ2v) is 4.53. The third kappa shape index (κ3) is 2.46. The van der Waals surface area contributed by atoms with Crippen LogP contribution in [0.3, 0.4) is 0 Å². The Morgan fingerprint density at radius 2 is 1.56 bits per heavy atom. The highest BCUT2D eigenvalue weighted by molar-refractivity contribution is 14.1. The van der Waals surface area contributed by atoms with Crippen molar-refractivity contribution in [3.05, 3.63) is 42.0 Å².